The molecule has 0 bridgehead atoms. The number of hydrogen-bond donors (Lipinski definition) is 0. The minimum Gasteiger partial charge on any atom is -0.316 e. The van der Waals surface area contributed by atoms with E-state index in [2.05, 4.69) is 0 Å². The first kappa shape index (κ1) is 12.5. The largest absolute Gasteiger partial charge is 0.316 e. The Balaban J connectivity index is 2.47. The first-order chi connectivity index (χ1) is 9.58. The third-order valence-corrected chi connectivity index (χ3v) is 3.26. The van der Waals surface area contributed by atoms with E-state index in [0.29, 0.717) is 11.1 Å². The summed E-state index contributed by atoms with van der Waals surface area (Å²) in [5.74, 6) is -1.98. The van der Waals surface area contributed by atoms with E-state index in [4.69, 9.17) is 0 Å². The highest BCUT2D eigenvalue weighted by Crippen LogP contribution is 2.20. The van der Waals surface area contributed by atoms with Crippen molar-refractivity contribution in [3.05, 3.63) is 76.1 Å². The van der Waals surface area contributed by atoms with Crippen LogP contribution in [0.2, 0.25) is 0 Å². The summed E-state index contributed by atoms with van der Waals surface area (Å²) in [5, 5.41) is 0.174. The summed E-state index contributed by atoms with van der Waals surface area (Å²) in [4.78, 5) is 12.1. The summed E-state index contributed by atoms with van der Waals surface area (Å²) in [6.07, 6.45) is 1.64. The molecule has 20 heavy (non-hydrogen) atoms. The topological polar surface area (TPSA) is 22.0 Å². The Kier molecular flexibility index (Phi) is 2.86. The fourth-order valence-corrected chi connectivity index (χ4v) is 2.25. The number of fused-ring (bicyclic) bond motifs is 1. The zero-order valence-corrected chi connectivity index (χ0v) is 10.7. The van der Waals surface area contributed by atoms with Gasteiger partial charge in [0, 0.05) is 28.9 Å². The van der Waals surface area contributed by atoms with Crippen LogP contribution in [0.3, 0.4) is 0 Å². The standard InChI is InChI=1S/C16H11F2NO/c1-10-9-19(11-5-3-2-4-6-11)15-8-14(18)13(17)7-12(15)16(10)20/h2-9H,1H3. The van der Waals surface area contributed by atoms with Crippen LogP contribution in [0, 0.1) is 18.6 Å². The van der Waals surface area contributed by atoms with E-state index in [0.717, 1.165) is 17.8 Å². The Morgan fingerprint density at radius 2 is 1.65 bits per heavy atom. The van der Waals surface area contributed by atoms with Crippen molar-refractivity contribution in [3.8, 4) is 5.69 Å². The number of aryl methyl sites for hydroxylation is 1. The van der Waals surface area contributed by atoms with Crippen molar-refractivity contribution in [2.45, 2.75) is 6.92 Å². The molecule has 2 aromatic carbocycles. The van der Waals surface area contributed by atoms with Crippen LogP contribution in [-0.2, 0) is 0 Å². The van der Waals surface area contributed by atoms with Gasteiger partial charge in [-0.25, -0.2) is 8.78 Å². The summed E-state index contributed by atoms with van der Waals surface area (Å²) in [7, 11) is 0. The van der Waals surface area contributed by atoms with Crippen LogP contribution in [0.25, 0.3) is 16.6 Å². The van der Waals surface area contributed by atoms with Crippen LogP contribution in [0.5, 0.6) is 0 Å². The van der Waals surface area contributed by atoms with E-state index in [9.17, 15) is 13.6 Å². The van der Waals surface area contributed by atoms with Gasteiger partial charge in [0.25, 0.3) is 0 Å². The maximum Gasteiger partial charge on any atom is 0.192 e. The van der Waals surface area contributed by atoms with Gasteiger partial charge < -0.3 is 4.57 Å². The predicted molar refractivity (Wildman–Crippen MR) is 74.2 cm³/mol. The average molecular weight is 271 g/mol. The Bertz CT molecular complexity index is 854. The molecular formula is C16H11F2NO. The van der Waals surface area contributed by atoms with Crippen molar-refractivity contribution in [2.75, 3.05) is 0 Å². The van der Waals surface area contributed by atoms with Crippen molar-refractivity contribution < 1.29 is 8.78 Å². The molecule has 3 aromatic rings. The van der Waals surface area contributed by atoms with Gasteiger partial charge >= 0.3 is 0 Å². The number of rotatable bonds is 1. The average Bonchev–Trinajstić information content (AvgIpc) is 2.46. The van der Waals surface area contributed by atoms with E-state index < -0.39 is 11.6 Å². The molecule has 0 aliphatic carbocycles. The number of para-hydroxylation sites is 1. The maximum atomic E-state index is 13.5. The fraction of sp³-hybridized carbons (Fsp3) is 0.0625. The van der Waals surface area contributed by atoms with Crippen molar-refractivity contribution >= 4 is 10.9 Å². The van der Waals surface area contributed by atoms with E-state index in [1.807, 2.05) is 30.3 Å². The fourth-order valence-electron chi connectivity index (χ4n) is 2.25. The molecule has 0 atom stereocenters. The van der Waals surface area contributed by atoms with Crippen molar-refractivity contribution in [1.82, 2.24) is 4.57 Å². The predicted octanol–water partition coefficient (Wildman–Crippen LogP) is 3.58. The van der Waals surface area contributed by atoms with Crippen LogP contribution in [0.1, 0.15) is 5.56 Å². The van der Waals surface area contributed by atoms with Crippen LogP contribution < -0.4 is 5.43 Å². The second kappa shape index (κ2) is 4.56. The van der Waals surface area contributed by atoms with E-state index in [1.54, 1.807) is 17.7 Å². The number of pyridine rings is 1. The lowest BCUT2D eigenvalue weighted by molar-refractivity contribution is 0.510. The zero-order chi connectivity index (χ0) is 14.3. The van der Waals surface area contributed by atoms with E-state index >= 15 is 0 Å². The Hall–Kier alpha value is -2.49. The lowest BCUT2D eigenvalue weighted by Crippen LogP contribution is -2.12. The molecule has 0 aliphatic rings. The molecular weight excluding hydrogens is 260 g/mol. The van der Waals surface area contributed by atoms with Crippen LogP contribution >= 0.6 is 0 Å². The quantitative estimate of drug-likeness (QED) is 0.663. The molecule has 0 amide bonds. The normalized spacial score (nSPS) is 10.9. The SMILES string of the molecule is Cc1cn(-c2ccccc2)c2cc(F)c(F)cc2c1=O. The highest BCUT2D eigenvalue weighted by Gasteiger charge is 2.12. The number of nitrogens with zero attached hydrogens (tertiary/aromatic N) is 1. The molecule has 0 fully saturated rings. The minimum absolute atomic E-state index is 0.174. The van der Waals surface area contributed by atoms with Crippen molar-refractivity contribution in [3.63, 3.8) is 0 Å². The molecule has 0 saturated heterocycles. The van der Waals surface area contributed by atoms with Gasteiger partial charge in [-0.05, 0) is 25.1 Å². The first-order valence-electron chi connectivity index (χ1n) is 6.14. The van der Waals surface area contributed by atoms with Gasteiger partial charge in [0.05, 0.1) is 5.52 Å². The van der Waals surface area contributed by atoms with Gasteiger partial charge in [0.15, 0.2) is 17.1 Å². The molecule has 0 saturated carbocycles. The second-order valence-corrected chi connectivity index (χ2v) is 4.63. The summed E-state index contributed by atoms with van der Waals surface area (Å²) in [6, 6.07) is 11.2. The van der Waals surface area contributed by atoms with Gasteiger partial charge in [-0.3, -0.25) is 4.79 Å². The lowest BCUT2D eigenvalue weighted by Gasteiger charge is -2.12. The number of aromatic nitrogens is 1. The van der Waals surface area contributed by atoms with Crippen molar-refractivity contribution in [2.24, 2.45) is 0 Å². The molecule has 100 valence electrons. The van der Waals surface area contributed by atoms with E-state index in [1.165, 1.54) is 0 Å². The Morgan fingerprint density at radius 3 is 2.35 bits per heavy atom. The van der Waals surface area contributed by atoms with Gasteiger partial charge in [-0.2, -0.15) is 0 Å². The van der Waals surface area contributed by atoms with Crippen LogP contribution in [0.4, 0.5) is 8.78 Å². The Morgan fingerprint density at radius 1 is 1.00 bits per heavy atom. The number of halogens is 2. The third kappa shape index (κ3) is 1.90. The summed E-state index contributed by atoms with van der Waals surface area (Å²) >= 11 is 0. The highest BCUT2D eigenvalue weighted by atomic mass is 19.2. The highest BCUT2D eigenvalue weighted by molar-refractivity contribution is 5.81. The monoisotopic (exact) mass is 271 g/mol. The third-order valence-electron chi connectivity index (χ3n) is 3.26. The van der Waals surface area contributed by atoms with Crippen LogP contribution in [0.15, 0.2) is 53.5 Å². The van der Waals surface area contributed by atoms with Crippen molar-refractivity contribution in [1.29, 1.82) is 0 Å². The van der Waals surface area contributed by atoms with Gasteiger partial charge in [-0.15, -0.1) is 0 Å². The van der Waals surface area contributed by atoms with Crippen LogP contribution in [-0.4, -0.2) is 4.57 Å². The molecule has 0 radical (unpaired) electrons. The lowest BCUT2D eigenvalue weighted by atomic mass is 10.1. The molecule has 0 N–H and O–H groups in total. The second-order valence-electron chi connectivity index (χ2n) is 4.63. The summed E-state index contributed by atoms with van der Waals surface area (Å²) in [6.45, 7) is 1.66. The Labute approximate surface area is 113 Å². The van der Waals surface area contributed by atoms with Gasteiger partial charge in [0.2, 0.25) is 0 Å². The zero-order valence-electron chi connectivity index (χ0n) is 10.7. The number of hydrogen-bond acceptors (Lipinski definition) is 1. The molecule has 0 spiro atoms. The van der Waals surface area contributed by atoms with Gasteiger partial charge in [-0.1, -0.05) is 18.2 Å². The number of benzene rings is 2. The molecule has 4 heteroatoms. The molecule has 2 nitrogen and oxygen atoms in total. The molecule has 0 aliphatic heterocycles. The molecule has 1 aromatic heterocycles. The molecule has 1 heterocycles. The maximum absolute atomic E-state index is 13.5. The van der Waals surface area contributed by atoms with Gasteiger partial charge in [0.1, 0.15) is 0 Å². The first-order valence-corrected chi connectivity index (χ1v) is 6.14. The minimum atomic E-state index is -1.01. The summed E-state index contributed by atoms with van der Waals surface area (Å²) < 4.78 is 28.5. The summed E-state index contributed by atoms with van der Waals surface area (Å²) in [5.41, 5.74) is 1.33. The van der Waals surface area contributed by atoms with E-state index in [-0.39, 0.29) is 10.8 Å². The smallest absolute Gasteiger partial charge is 0.192 e. The molecule has 0 unspecified atom stereocenters. The molecule has 3 rings (SSSR count).